The van der Waals surface area contributed by atoms with Gasteiger partial charge in [-0.15, -0.1) is 0 Å². The third kappa shape index (κ3) is 5.78. The van der Waals surface area contributed by atoms with Gasteiger partial charge in [-0.2, -0.15) is 0 Å². The van der Waals surface area contributed by atoms with Crippen molar-refractivity contribution in [2.45, 2.75) is 52.6 Å². The first-order valence-corrected chi connectivity index (χ1v) is 5.97. The molecule has 1 heterocycles. The average Bonchev–Trinajstić information content (AvgIpc) is 2.83. The van der Waals surface area contributed by atoms with E-state index in [0.29, 0.717) is 0 Å². The fourth-order valence-corrected chi connectivity index (χ4v) is 1.53. The van der Waals surface area contributed by atoms with Crippen molar-refractivity contribution < 1.29 is 4.74 Å². The molecule has 15 heavy (non-hydrogen) atoms. The average molecular weight is 208 g/mol. The van der Waals surface area contributed by atoms with Gasteiger partial charge in [-0.25, -0.2) is 0 Å². The lowest BCUT2D eigenvalue weighted by Gasteiger charge is -2.06. The van der Waals surface area contributed by atoms with Crippen LogP contribution in [0.2, 0.25) is 0 Å². The molecule has 2 atom stereocenters. The second-order valence-corrected chi connectivity index (χ2v) is 5.20. The van der Waals surface area contributed by atoms with E-state index in [1.54, 1.807) is 0 Å². The van der Waals surface area contributed by atoms with E-state index in [-0.39, 0.29) is 5.60 Å². The molecule has 0 aliphatic carbocycles. The molecule has 0 aromatic carbocycles. The third-order valence-electron chi connectivity index (χ3n) is 2.82. The van der Waals surface area contributed by atoms with Crippen molar-refractivity contribution in [3.63, 3.8) is 0 Å². The number of rotatable bonds is 6. The Labute approximate surface area is 94.2 Å². The molecule has 1 nitrogen and oxygen atoms in total. The van der Waals surface area contributed by atoms with Crippen molar-refractivity contribution in [3.8, 4) is 0 Å². The van der Waals surface area contributed by atoms with E-state index in [4.69, 9.17) is 4.74 Å². The zero-order chi connectivity index (χ0) is 11.3. The molecule has 1 aliphatic heterocycles. The van der Waals surface area contributed by atoms with Crippen molar-refractivity contribution in [2.75, 3.05) is 6.61 Å². The van der Waals surface area contributed by atoms with Crippen LogP contribution in [0, 0.1) is 5.92 Å². The highest BCUT2D eigenvalue weighted by molar-refractivity contribution is 5.07. The topological polar surface area (TPSA) is 12.5 Å². The summed E-state index contributed by atoms with van der Waals surface area (Å²) in [7, 11) is 0. The second kappa shape index (κ2) is 5.50. The molecule has 0 saturated carbocycles. The van der Waals surface area contributed by atoms with Crippen LogP contribution in [-0.4, -0.2) is 12.2 Å². The quantitative estimate of drug-likeness (QED) is 0.473. The maximum absolute atomic E-state index is 5.29. The van der Waals surface area contributed by atoms with Gasteiger partial charge >= 0.3 is 0 Å². The Kier molecular flexibility index (Phi) is 4.59. The number of ether oxygens (including phenoxy) is 1. The minimum absolute atomic E-state index is 0.0830. The normalized spacial score (nSPS) is 26.7. The van der Waals surface area contributed by atoms with Crippen LogP contribution < -0.4 is 0 Å². The van der Waals surface area contributed by atoms with E-state index in [0.717, 1.165) is 12.5 Å². The van der Waals surface area contributed by atoms with Crippen molar-refractivity contribution in [1.29, 1.82) is 0 Å². The van der Waals surface area contributed by atoms with Gasteiger partial charge in [0.2, 0.25) is 0 Å². The minimum Gasteiger partial charge on any atom is -0.365 e. The van der Waals surface area contributed by atoms with E-state index < -0.39 is 0 Å². The Balaban J connectivity index is 2.10. The Hall–Kier alpha value is -0.560. The number of hydrogen-bond donors (Lipinski definition) is 0. The van der Waals surface area contributed by atoms with Gasteiger partial charge < -0.3 is 4.74 Å². The predicted octanol–water partition coefficient (Wildman–Crippen LogP) is 4.10. The number of epoxide rings is 1. The maximum atomic E-state index is 5.29. The predicted molar refractivity (Wildman–Crippen MR) is 65.9 cm³/mol. The maximum Gasteiger partial charge on any atom is 0.107 e. The van der Waals surface area contributed by atoms with Gasteiger partial charge in [-0.3, -0.25) is 0 Å². The SMILES string of the molecule is CC(C)=CCCC(C)CC=CC1(C)CO1. The van der Waals surface area contributed by atoms with Crippen molar-refractivity contribution in [2.24, 2.45) is 5.92 Å². The van der Waals surface area contributed by atoms with Crippen LogP contribution in [0.1, 0.15) is 47.0 Å². The summed E-state index contributed by atoms with van der Waals surface area (Å²) in [6.45, 7) is 9.68. The highest BCUT2D eigenvalue weighted by Crippen LogP contribution is 2.27. The summed E-state index contributed by atoms with van der Waals surface area (Å²) in [6.07, 6.45) is 10.5. The van der Waals surface area contributed by atoms with Gasteiger partial charge in [0.1, 0.15) is 5.60 Å². The summed E-state index contributed by atoms with van der Waals surface area (Å²) >= 11 is 0. The summed E-state index contributed by atoms with van der Waals surface area (Å²) in [5.41, 5.74) is 1.51. The molecule has 0 amide bonds. The Morgan fingerprint density at radius 3 is 2.67 bits per heavy atom. The fourth-order valence-electron chi connectivity index (χ4n) is 1.53. The Morgan fingerprint density at radius 2 is 2.13 bits per heavy atom. The lowest BCUT2D eigenvalue weighted by molar-refractivity contribution is 0.369. The molecular weight excluding hydrogens is 184 g/mol. The number of allylic oxidation sites excluding steroid dienone is 3. The minimum atomic E-state index is 0.0830. The zero-order valence-corrected chi connectivity index (χ0v) is 10.5. The molecule has 0 radical (unpaired) electrons. The molecule has 86 valence electrons. The van der Waals surface area contributed by atoms with Crippen molar-refractivity contribution in [1.82, 2.24) is 0 Å². The van der Waals surface area contributed by atoms with Gasteiger partial charge in [0.05, 0.1) is 6.61 Å². The van der Waals surface area contributed by atoms with E-state index in [9.17, 15) is 0 Å². The van der Waals surface area contributed by atoms with E-state index in [2.05, 4.69) is 45.9 Å². The molecule has 1 rings (SSSR count). The van der Waals surface area contributed by atoms with Gasteiger partial charge in [0.15, 0.2) is 0 Å². The largest absolute Gasteiger partial charge is 0.365 e. The molecule has 1 aliphatic rings. The standard InChI is InChI=1S/C14H24O/c1-12(2)7-5-8-13(3)9-6-10-14(4)11-15-14/h6-7,10,13H,5,8-9,11H2,1-4H3. The van der Waals surface area contributed by atoms with Crippen LogP contribution in [0.3, 0.4) is 0 Å². The Morgan fingerprint density at radius 1 is 1.47 bits per heavy atom. The van der Waals surface area contributed by atoms with Crippen LogP contribution in [0.25, 0.3) is 0 Å². The van der Waals surface area contributed by atoms with Crippen LogP contribution in [-0.2, 0) is 4.74 Å². The monoisotopic (exact) mass is 208 g/mol. The van der Waals surface area contributed by atoms with Gasteiger partial charge in [-0.05, 0) is 46.0 Å². The molecular formula is C14H24O. The summed E-state index contributed by atoms with van der Waals surface area (Å²) in [5, 5.41) is 0. The van der Waals surface area contributed by atoms with Crippen LogP contribution >= 0.6 is 0 Å². The van der Waals surface area contributed by atoms with E-state index >= 15 is 0 Å². The van der Waals surface area contributed by atoms with Crippen LogP contribution in [0.4, 0.5) is 0 Å². The molecule has 0 aromatic heterocycles. The first kappa shape index (κ1) is 12.5. The highest BCUT2D eigenvalue weighted by Gasteiger charge is 2.35. The molecule has 0 N–H and O–H groups in total. The second-order valence-electron chi connectivity index (χ2n) is 5.20. The van der Waals surface area contributed by atoms with E-state index in [1.165, 1.54) is 24.8 Å². The highest BCUT2D eigenvalue weighted by atomic mass is 16.6. The van der Waals surface area contributed by atoms with Crippen molar-refractivity contribution >= 4 is 0 Å². The zero-order valence-electron chi connectivity index (χ0n) is 10.5. The fraction of sp³-hybridized carbons (Fsp3) is 0.714. The third-order valence-corrected chi connectivity index (χ3v) is 2.82. The molecule has 0 bridgehead atoms. The summed E-state index contributed by atoms with van der Waals surface area (Å²) in [6, 6.07) is 0. The summed E-state index contributed by atoms with van der Waals surface area (Å²) in [5.74, 6) is 0.777. The molecule has 2 unspecified atom stereocenters. The first-order valence-electron chi connectivity index (χ1n) is 5.97. The van der Waals surface area contributed by atoms with Gasteiger partial charge in [0.25, 0.3) is 0 Å². The summed E-state index contributed by atoms with van der Waals surface area (Å²) in [4.78, 5) is 0. The van der Waals surface area contributed by atoms with E-state index in [1.807, 2.05) is 0 Å². The Bertz CT molecular complexity index is 242. The van der Waals surface area contributed by atoms with Gasteiger partial charge in [0, 0.05) is 0 Å². The molecule has 1 saturated heterocycles. The smallest absolute Gasteiger partial charge is 0.107 e. The van der Waals surface area contributed by atoms with Crippen LogP contribution in [0.15, 0.2) is 23.8 Å². The van der Waals surface area contributed by atoms with Gasteiger partial charge in [-0.1, -0.05) is 30.7 Å². The lowest BCUT2D eigenvalue weighted by atomic mass is 10.00. The summed E-state index contributed by atoms with van der Waals surface area (Å²) < 4.78 is 5.29. The number of hydrogen-bond acceptors (Lipinski definition) is 1. The molecule has 1 heteroatoms. The molecule has 0 spiro atoms. The molecule has 0 aromatic rings. The molecule has 1 fully saturated rings. The van der Waals surface area contributed by atoms with Crippen LogP contribution in [0.5, 0.6) is 0 Å². The van der Waals surface area contributed by atoms with Crippen molar-refractivity contribution in [3.05, 3.63) is 23.8 Å². The lowest BCUT2D eigenvalue weighted by Crippen LogP contribution is -1.98. The first-order chi connectivity index (χ1) is 7.02.